The molecule has 2 rings (SSSR count). The van der Waals surface area contributed by atoms with Crippen LogP contribution < -0.4 is 27.8 Å². The van der Waals surface area contributed by atoms with Crippen LogP contribution in [0.15, 0.2) is 12.5 Å². The van der Waals surface area contributed by atoms with E-state index < -0.39 is 72.5 Å². The van der Waals surface area contributed by atoms with Crippen molar-refractivity contribution >= 4 is 35.5 Å². The average molecular weight is 480 g/mol. The minimum absolute atomic E-state index is 0.0606. The number of nitrogens with two attached hydrogens (primary N) is 3. The Morgan fingerprint density at radius 1 is 1.09 bits per heavy atom. The summed E-state index contributed by atoms with van der Waals surface area (Å²) in [6, 6.07) is -5.22. The fraction of sp³-hybridized carbons (Fsp3) is 0.526. The van der Waals surface area contributed by atoms with Crippen LogP contribution in [0.2, 0.25) is 0 Å². The topological polar surface area (TPSA) is 257 Å². The lowest BCUT2D eigenvalue weighted by Crippen LogP contribution is -2.58. The molecular weight excluding hydrogens is 452 g/mol. The zero-order valence-electron chi connectivity index (χ0n) is 18.2. The largest absolute Gasteiger partial charge is 0.480 e. The Bertz CT molecular complexity index is 935. The quantitative estimate of drug-likeness (QED) is 0.154. The third-order valence-electron chi connectivity index (χ3n) is 5.21. The molecule has 186 valence electrons. The summed E-state index contributed by atoms with van der Waals surface area (Å²) in [6.07, 6.45) is 2.32. The van der Waals surface area contributed by atoms with Gasteiger partial charge < -0.3 is 42.8 Å². The predicted molar refractivity (Wildman–Crippen MR) is 114 cm³/mol. The van der Waals surface area contributed by atoms with Gasteiger partial charge in [0.1, 0.15) is 18.1 Å². The summed E-state index contributed by atoms with van der Waals surface area (Å²) in [7, 11) is 0. The third-order valence-corrected chi connectivity index (χ3v) is 5.21. The lowest BCUT2D eigenvalue weighted by molar-refractivity contribution is -0.149. The maximum Gasteiger partial charge on any atom is 0.326 e. The molecule has 34 heavy (non-hydrogen) atoms. The maximum absolute atomic E-state index is 12.9. The molecule has 15 heteroatoms. The molecule has 15 nitrogen and oxygen atoms in total. The molecule has 0 bridgehead atoms. The van der Waals surface area contributed by atoms with Crippen molar-refractivity contribution in [3.05, 3.63) is 18.2 Å². The number of nitrogens with one attached hydrogen (secondary N) is 3. The zero-order valence-corrected chi connectivity index (χ0v) is 18.2. The molecule has 1 aromatic rings. The van der Waals surface area contributed by atoms with E-state index in [9.17, 15) is 33.9 Å². The highest BCUT2D eigenvalue weighted by Crippen LogP contribution is 2.19. The molecule has 0 saturated carbocycles. The number of carbonyl (C=O) groups is 6. The van der Waals surface area contributed by atoms with E-state index in [0.717, 1.165) is 4.90 Å². The SMILES string of the molecule is NC(=O)CC(NC(=O)C(N)Cc1cnc[nH]1)C(=O)NC(CC(N)=O)C(=O)N1CCCC1C(=O)O. The normalized spacial score (nSPS) is 17.9. The number of aromatic amines is 1. The minimum atomic E-state index is -1.50. The van der Waals surface area contributed by atoms with Crippen molar-refractivity contribution in [1.82, 2.24) is 25.5 Å². The molecule has 5 amide bonds. The van der Waals surface area contributed by atoms with Crippen molar-refractivity contribution in [2.45, 2.75) is 56.3 Å². The van der Waals surface area contributed by atoms with Gasteiger partial charge in [-0.15, -0.1) is 0 Å². The molecule has 1 saturated heterocycles. The van der Waals surface area contributed by atoms with Gasteiger partial charge in [0.05, 0.1) is 25.2 Å². The summed E-state index contributed by atoms with van der Waals surface area (Å²) in [5, 5.41) is 13.9. The van der Waals surface area contributed by atoms with E-state index in [4.69, 9.17) is 17.2 Å². The van der Waals surface area contributed by atoms with Gasteiger partial charge in [-0.2, -0.15) is 0 Å². The van der Waals surface area contributed by atoms with Crippen molar-refractivity contribution in [3.63, 3.8) is 0 Å². The van der Waals surface area contributed by atoms with E-state index in [2.05, 4.69) is 20.6 Å². The average Bonchev–Trinajstić information content (AvgIpc) is 3.43. The second-order valence-corrected chi connectivity index (χ2v) is 7.88. The van der Waals surface area contributed by atoms with Crippen molar-refractivity contribution < 1.29 is 33.9 Å². The highest BCUT2D eigenvalue weighted by molar-refractivity contribution is 5.97. The molecule has 10 N–H and O–H groups in total. The zero-order chi connectivity index (χ0) is 25.4. The summed E-state index contributed by atoms with van der Waals surface area (Å²) < 4.78 is 0. The molecule has 2 heterocycles. The lowest BCUT2D eigenvalue weighted by atomic mass is 10.1. The van der Waals surface area contributed by atoms with Gasteiger partial charge in [0, 0.05) is 24.9 Å². The van der Waals surface area contributed by atoms with Gasteiger partial charge in [-0.1, -0.05) is 0 Å². The number of nitrogens with zero attached hydrogens (tertiary/aromatic N) is 2. The Labute approximate surface area is 193 Å². The Hall–Kier alpha value is -4.01. The van der Waals surface area contributed by atoms with Crippen molar-refractivity contribution in [1.29, 1.82) is 0 Å². The number of likely N-dealkylation sites (tertiary alicyclic amines) is 1. The highest BCUT2D eigenvalue weighted by atomic mass is 16.4. The summed E-state index contributed by atoms with van der Waals surface area (Å²) in [6.45, 7) is 0.116. The lowest BCUT2D eigenvalue weighted by Gasteiger charge is -2.28. The number of aromatic nitrogens is 2. The van der Waals surface area contributed by atoms with Crippen LogP contribution in [0.1, 0.15) is 31.4 Å². The monoisotopic (exact) mass is 480 g/mol. The molecular formula is C19H28N8O7. The van der Waals surface area contributed by atoms with Gasteiger partial charge >= 0.3 is 5.97 Å². The minimum Gasteiger partial charge on any atom is -0.480 e. The fourth-order valence-electron chi connectivity index (χ4n) is 3.58. The molecule has 4 atom stereocenters. The molecule has 0 aliphatic carbocycles. The number of primary amides is 2. The highest BCUT2D eigenvalue weighted by Gasteiger charge is 2.39. The first-order chi connectivity index (χ1) is 16.0. The second-order valence-electron chi connectivity index (χ2n) is 7.88. The molecule has 0 aromatic carbocycles. The Balaban J connectivity index is 2.13. The van der Waals surface area contributed by atoms with Gasteiger partial charge in [-0.3, -0.25) is 24.0 Å². The number of hydrogen-bond acceptors (Lipinski definition) is 8. The maximum atomic E-state index is 12.9. The fourth-order valence-corrected chi connectivity index (χ4v) is 3.58. The van der Waals surface area contributed by atoms with E-state index in [-0.39, 0.29) is 19.4 Å². The standard InChI is InChI=1S/C19H28N8O7/c20-10(4-9-7-23-8-24-9)16(30)25-11(5-14(21)28)17(31)26-12(6-15(22)29)18(32)27-3-1-2-13(27)19(33)34/h7-8,10-13H,1-6,20H2,(H2,21,28)(H2,22,29)(H,23,24)(H,25,30)(H,26,31)(H,33,34). The first kappa shape index (κ1) is 26.2. The van der Waals surface area contributed by atoms with E-state index >= 15 is 0 Å². The van der Waals surface area contributed by atoms with Crippen LogP contribution in [0, 0.1) is 0 Å². The number of amides is 5. The van der Waals surface area contributed by atoms with E-state index in [0.29, 0.717) is 12.1 Å². The van der Waals surface area contributed by atoms with Crippen LogP contribution in [-0.2, 0) is 35.2 Å². The molecule has 0 spiro atoms. The van der Waals surface area contributed by atoms with Gasteiger partial charge in [0.25, 0.3) is 0 Å². The molecule has 1 aliphatic heterocycles. The van der Waals surface area contributed by atoms with Crippen LogP contribution in [-0.4, -0.2) is 86.2 Å². The second kappa shape index (κ2) is 11.7. The number of aliphatic carboxylic acids is 1. The van der Waals surface area contributed by atoms with Crippen LogP contribution in [0.3, 0.4) is 0 Å². The van der Waals surface area contributed by atoms with Gasteiger partial charge in [0.2, 0.25) is 29.5 Å². The van der Waals surface area contributed by atoms with Crippen LogP contribution in [0.25, 0.3) is 0 Å². The van der Waals surface area contributed by atoms with Crippen LogP contribution in [0.4, 0.5) is 0 Å². The predicted octanol–water partition coefficient (Wildman–Crippen LogP) is -3.92. The smallest absolute Gasteiger partial charge is 0.326 e. The van der Waals surface area contributed by atoms with Gasteiger partial charge in [-0.05, 0) is 12.8 Å². The summed E-state index contributed by atoms with van der Waals surface area (Å²) >= 11 is 0. The first-order valence-electron chi connectivity index (χ1n) is 10.4. The Morgan fingerprint density at radius 3 is 2.26 bits per heavy atom. The van der Waals surface area contributed by atoms with E-state index in [1.165, 1.54) is 12.5 Å². The number of rotatable bonds is 12. The van der Waals surface area contributed by atoms with Gasteiger partial charge in [-0.25, -0.2) is 9.78 Å². The number of H-pyrrole nitrogens is 1. The molecule has 0 radical (unpaired) electrons. The number of carboxylic acid groups (broad SMARTS) is 1. The molecule has 1 aromatic heterocycles. The van der Waals surface area contributed by atoms with E-state index in [1.54, 1.807) is 0 Å². The Kier molecular flexibility index (Phi) is 9.06. The van der Waals surface area contributed by atoms with Gasteiger partial charge in [0.15, 0.2) is 0 Å². The first-order valence-corrected chi connectivity index (χ1v) is 10.4. The van der Waals surface area contributed by atoms with Crippen LogP contribution in [0.5, 0.6) is 0 Å². The number of hydrogen-bond donors (Lipinski definition) is 7. The van der Waals surface area contributed by atoms with Crippen molar-refractivity contribution in [3.8, 4) is 0 Å². The summed E-state index contributed by atoms with van der Waals surface area (Å²) in [5.41, 5.74) is 16.8. The van der Waals surface area contributed by atoms with Crippen molar-refractivity contribution in [2.75, 3.05) is 6.54 Å². The summed E-state index contributed by atoms with van der Waals surface area (Å²) in [4.78, 5) is 80.3. The number of carbonyl (C=O) groups excluding carboxylic acids is 5. The van der Waals surface area contributed by atoms with E-state index in [1.807, 2.05) is 0 Å². The number of imidazole rings is 1. The van der Waals surface area contributed by atoms with Crippen LogP contribution >= 0.6 is 0 Å². The molecule has 4 unspecified atom stereocenters. The molecule has 1 aliphatic rings. The summed E-state index contributed by atoms with van der Waals surface area (Å²) in [5.74, 6) is -5.67. The molecule has 1 fully saturated rings. The van der Waals surface area contributed by atoms with Crippen molar-refractivity contribution in [2.24, 2.45) is 17.2 Å². The third kappa shape index (κ3) is 7.26. The number of carboxylic acids is 1. The Morgan fingerprint density at radius 2 is 1.71 bits per heavy atom.